The van der Waals surface area contributed by atoms with Gasteiger partial charge >= 0.3 is 0 Å². The molecule has 0 atom stereocenters. The van der Waals surface area contributed by atoms with Crippen molar-refractivity contribution >= 4 is 23.6 Å². The van der Waals surface area contributed by atoms with Crippen molar-refractivity contribution in [3.05, 3.63) is 90.5 Å². The number of benzene rings is 3. The first kappa shape index (κ1) is 16.5. The molecule has 4 nitrogen and oxygen atoms in total. The Balaban J connectivity index is 1.84. The molecular weight excluding hydrogens is 314 g/mol. The molecule has 3 aromatic rings. The van der Waals surface area contributed by atoms with E-state index < -0.39 is 0 Å². The minimum Gasteiger partial charge on any atom is -0.483 e. The van der Waals surface area contributed by atoms with E-state index in [0.717, 1.165) is 11.4 Å². The highest BCUT2D eigenvalue weighted by molar-refractivity contribution is 6.01. The maximum atomic E-state index is 12.8. The number of hydrogen-bond acceptors (Lipinski definition) is 3. The first-order chi connectivity index (χ1) is 12.3. The summed E-state index contributed by atoms with van der Waals surface area (Å²) in [5.74, 6) is 0.171. The van der Waals surface area contributed by atoms with E-state index in [1.807, 2.05) is 60.7 Å². The topological polar surface area (TPSA) is 46.6 Å². The molecule has 0 saturated heterocycles. The number of rotatable bonds is 6. The van der Waals surface area contributed by atoms with Crippen LogP contribution in [0.2, 0.25) is 0 Å². The summed E-state index contributed by atoms with van der Waals surface area (Å²) in [6.07, 6.45) is 0.714. The van der Waals surface area contributed by atoms with E-state index in [9.17, 15) is 9.59 Å². The molecule has 0 bridgehead atoms. The first-order valence-electron chi connectivity index (χ1n) is 7.89. The van der Waals surface area contributed by atoms with Gasteiger partial charge in [0.2, 0.25) is 0 Å². The Bertz CT molecular complexity index is 808. The van der Waals surface area contributed by atoms with Crippen LogP contribution in [0.1, 0.15) is 10.4 Å². The summed E-state index contributed by atoms with van der Waals surface area (Å²) in [6.45, 7) is -0.172. The van der Waals surface area contributed by atoms with Crippen LogP contribution in [0, 0.1) is 0 Å². The number of anilines is 2. The Morgan fingerprint density at radius 3 is 1.88 bits per heavy atom. The van der Waals surface area contributed by atoms with Gasteiger partial charge in [0, 0.05) is 11.4 Å². The van der Waals surface area contributed by atoms with E-state index in [0.29, 0.717) is 17.6 Å². The smallest absolute Gasteiger partial charge is 0.269 e. The predicted molar refractivity (Wildman–Crippen MR) is 97.4 cm³/mol. The van der Waals surface area contributed by atoms with Crippen LogP contribution >= 0.6 is 0 Å². The lowest BCUT2D eigenvalue weighted by Gasteiger charge is -2.23. The van der Waals surface area contributed by atoms with Crippen LogP contribution in [0.5, 0.6) is 5.75 Å². The Labute approximate surface area is 146 Å². The molecule has 0 heterocycles. The third-order valence-electron chi connectivity index (χ3n) is 3.68. The number of carbonyl (C=O) groups is 2. The van der Waals surface area contributed by atoms with Crippen LogP contribution in [0.15, 0.2) is 84.9 Å². The van der Waals surface area contributed by atoms with Crippen molar-refractivity contribution in [3.63, 3.8) is 0 Å². The number of carbonyl (C=O) groups excluding carboxylic acids is 2. The van der Waals surface area contributed by atoms with E-state index in [1.54, 1.807) is 29.2 Å². The average molecular weight is 331 g/mol. The van der Waals surface area contributed by atoms with Gasteiger partial charge < -0.3 is 4.74 Å². The van der Waals surface area contributed by atoms with Crippen molar-refractivity contribution in [1.82, 2.24) is 0 Å². The van der Waals surface area contributed by atoms with Gasteiger partial charge in [-0.05, 0) is 36.4 Å². The lowest BCUT2D eigenvalue weighted by Crippen LogP contribution is -2.31. The number of aldehydes is 1. The standard InChI is InChI=1S/C21H17NO3/c23-15-17-9-7-8-14-20(17)25-16-21(24)22(18-10-3-1-4-11-18)19-12-5-2-6-13-19/h1-15H,16H2. The normalized spacial score (nSPS) is 10.1. The quantitative estimate of drug-likeness (QED) is 0.635. The lowest BCUT2D eigenvalue weighted by molar-refractivity contribution is -0.119. The van der Waals surface area contributed by atoms with Crippen molar-refractivity contribution < 1.29 is 14.3 Å². The molecular formula is C21H17NO3. The summed E-state index contributed by atoms with van der Waals surface area (Å²) in [5, 5.41) is 0. The molecule has 3 aromatic carbocycles. The summed E-state index contributed by atoms with van der Waals surface area (Å²) < 4.78 is 5.59. The maximum absolute atomic E-state index is 12.8. The van der Waals surface area contributed by atoms with Crippen molar-refractivity contribution in [2.24, 2.45) is 0 Å². The summed E-state index contributed by atoms with van der Waals surface area (Å²) >= 11 is 0. The van der Waals surface area contributed by atoms with E-state index >= 15 is 0 Å². The highest BCUT2D eigenvalue weighted by atomic mass is 16.5. The number of ether oxygens (including phenoxy) is 1. The van der Waals surface area contributed by atoms with Crippen molar-refractivity contribution in [2.75, 3.05) is 11.5 Å². The Morgan fingerprint density at radius 2 is 1.32 bits per heavy atom. The second-order valence-corrected chi connectivity index (χ2v) is 5.34. The van der Waals surface area contributed by atoms with Gasteiger partial charge in [0.05, 0.1) is 5.56 Å². The monoisotopic (exact) mass is 331 g/mol. The third kappa shape index (κ3) is 3.93. The van der Waals surface area contributed by atoms with Gasteiger partial charge in [-0.2, -0.15) is 0 Å². The zero-order valence-corrected chi connectivity index (χ0v) is 13.5. The molecule has 25 heavy (non-hydrogen) atoms. The Morgan fingerprint density at radius 1 is 0.800 bits per heavy atom. The van der Waals surface area contributed by atoms with Gasteiger partial charge in [-0.25, -0.2) is 0 Å². The fraction of sp³-hybridized carbons (Fsp3) is 0.0476. The molecule has 0 saturated carbocycles. The second-order valence-electron chi connectivity index (χ2n) is 5.34. The number of nitrogens with zero attached hydrogens (tertiary/aromatic N) is 1. The fourth-order valence-electron chi connectivity index (χ4n) is 2.50. The zero-order valence-electron chi connectivity index (χ0n) is 13.5. The van der Waals surface area contributed by atoms with Gasteiger partial charge in [-0.1, -0.05) is 48.5 Å². The van der Waals surface area contributed by atoms with Crippen molar-refractivity contribution in [3.8, 4) is 5.75 Å². The van der Waals surface area contributed by atoms with Gasteiger partial charge in [-0.15, -0.1) is 0 Å². The molecule has 124 valence electrons. The molecule has 0 aromatic heterocycles. The Hall–Kier alpha value is -3.40. The summed E-state index contributed by atoms with van der Waals surface area (Å²) in [4.78, 5) is 25.5. The van der Waals surface area contributed by atoms with Crippen molar-refractivity contribution in [2.45, 2.75) is 0 Å². The van der Waals surface area contributed by atoms with E-state index in [4.69, 9.17) is 4.74 Å². The zero-order chi connectivity index (χ0) is 17.5. The number of amides is 1. The maximum Gasteiger partial charge on any atom is 0.269 e. The number of hydrogen-bond donors (Lipinski definition) is 0. The highest BCUT2D eigenvalue weighted by Crippen LogP contribution is 2.25. The molecule has 0 aliphatic rings. The van der Waals surface area contributed by atoms with Gasteiger partial charge in [-0.3, -0.25) is 14.5 Å². The van der Waals surface area contributed by atoms with E-state index in [2.05, 4.69) is 0 Å². The van der Waals surface area contributed by atoms with E-state index in [-0.39, 0.29) is 12.5 Å². The van der Waals surface area contributed by atoms with E-state index in [1.165, 1.54) is 0 Å². The van der Waals surface area contributed by atoms with Crippen LogP contribution in [-0.2, 0) is 4.79 Å². The Kier molecular flexibility index (Phi) is 5.22. The molecule has 4 heteroatoms. The second kappa shape index (κ2) is 7.93. The molecule has 0 spiro atoms. The summed E-state index contributed by atoms with van der Waals surface area (Å²) in [7, 11) is 0. The van der Waals surface area contributed by atoms with Crippen LogP contribution in [-0.4, -0.2) is 18.8 Å². The van der Waals surface area contributed by atoms with Gasteiger partial charge in [0.1, 0.15) is 5.75 Å². The molecule has 0 fully saturated rings. The van der Waals surface area contributed by atoms with Gasteiger partial charge in [0.15, 0.2) is 12.9 Å². The first-order valence-corrected chi connectivity index (χ1v) is 7.89. The fourth-order valence-corrected chi connectivity index (χ4v) is 2.50. The van der Waals surface area contributed by atoms with Crippen LogP contribution in [0.25, 0.3) is 0 Å². The molecule has 0 aliphatic carbocycles. The molecule has 1 amide bonds. The third-order valence-corrected chi connectivity index (χ3v) is 3.68. The molecule has 0 N–H and O–H groups in total. The largest absolute Gasteiger partial charge is 0.483 e. The molecule has 0 radical (unpaired) electrons. The predicted octanol–water partition coefficient (Wildman–Crippen LogP) is 4.24. The summed E-state index contributed by atoms with van der Waals surface area (Å²) in [5.41, 5.74) is 1.93. The average Bonchev–Trinajstić information content (AvgIpc) is 2.68. The molecule has 3 rings (SSSR count). The van der Waals surface area contributed by atoms with Crippen LogP contribution in [0.4, 0.5) is 11.4 Å². The van der Waals surface area contributed by atoms with Crippen molar-refractivity contribution in [1.29, 1.82) is 0 Å². The molecule has 0 unspecified atom stereocenters. The molecule has 0 aliphatic heterocycles. The minimum atomic E-state index is -0.224. The van der Waals surface area contributed by atoms with Crippen LogP contribution < -0.4 is 9.64 Å². The highest BCUT2D eigenvalue weighted by Gasteiger charge is 2.18. The summed E-state index contributed by atoms with van der Waals surface area (Å²) in [6, 6.07) is 25.6. The number of para-hydroxylation sites is 3. The lowest BCUT2D eigenvalue weighted by atomic mass is 10.2. The minimum absolute atomic E-state index is 0.172. The van der Waals surface area contributed by atoms with Gasteiger partial charge in [0.25, 0.3) is 5.91 Å². The van der Waals surface area contributed by atoms with Crippen LogP contribution in [0.3, 0.4) is 0 Å². The SMILES string of the molecule is O=Cc1ccccc1OCC(=O)N(c1ccccc1)c1ccccc1.